The molecule has 0 unspecified atom stereocenters. The minimum absolute atomic E-state index is 0.181. The van der Waals surface area contributed by atoms with Crippen molar-refractivity contribution in [1.29, 1.82) is 0 Å². The molecule has 4 nitrogen and oxygen atoms in total. The summed E-state index contributed by atoms with van der Waals surface area (Å²) in [5.74, 6) is 0.196. The lowest BCUT2D eigenvalue weighted by atomic mass is 10.2. The molecule has 0 atom stereocenters. The van der Waals surface area contributed by atoms with Gasteiger partial charge in [-0.3, -0.25) is 9.63 Å². The first kappa shape index (κ1) is 8.31. The van der Waals surface area contributed by atoms with Gasteiger partial charge in [0, 0.05) is 5.56 Å². The molecule has 1 aromatic rings. The Morgan fingerprint density at radius 3 is 3.00 bits per heavy atom. The van der Waals surface area contributed by atoms with E-state index in [-0.39, 0.29) is 5.91 Å². The lowest BCUT2D eigenvalue weighted by Gasteiger charge is -2.11. The summed E-state index contributed by atoms with van der Waals surface area (Å²) in [6.07, 6.45) is 2.41. The summed E-state index contributed by atoms with van der Waals surface area (Å²) >= 11 is 0. The van der Waals surface area contributed by atoms with Crippen LogP contribution in [0.5, 0.6) is 0 Å². The zero-order chi connectivity index (χ0) is 9.26. The van der Waals surface area contributed by atoms with E-state index in [9.17, 15) is 4.79 Å². The number of nitrogens with zero attached hydrogens (tertiary/aromatic N) is 1. The molecule has 1 saturated heterocycles. The molecule has 1 amide bonds. The zero-order valence-corrected chi connectivity index (χ0v) is 7.45. The van der Waals surface area contributed by atoms with Gasteiger partial charge < -0.3 is 4.42 Å². The predicted octanol–water partition coefficient (Wildman–Crippen LogP) is 1.37. The quantitative estimate of drug-likeness (QED) is 0.657. The number of aryl methyl sites for hydroxylation is 1. The van der Waals surface area contributed by atoms with E-state index in [1.807, 2.05) is 6.92 Å². The Labute approximate surface area is 76.0 Å². The van der Waals surface area contributed by atoms with Crippen LogP contribution in [0.25, 0.3) is 0 Å². The third kappa shape index (κ3) is 1.45. The van der Waals surface area contributed by atoms with E-state index < -0.39 is 0 Å². The fraction of sp³-hybridized carbons (Fsp3) is 0.444. The van der Waals surface area contributed by atoms with E-state index in [1.165, 1.54) is 11.3 Å². The number of carbonyl (C=O) groups is 1. The van der Waals surface area contributed by atoms with Crippen molar-refractivity contribution in [3.05, 3.63) is 23.7 Å². The van der Waals surface area contributed by atoms with Crippen molar-refractivity contribution >= 4 is 5.91 Å². The van der Waals surface area contributed by atoms with Gasteiger partial charge in [0.2, 0.25) is 0 Å². The third-order valence-corrected chi connectivity index (χ3v) is 2.04. The zero-order valence-electron chi connectivity index (χ0n) is 7.45. The van der Waals surface area contributed by atoms with E-state index in [1.54, 1.807) is 6.07 Å². The topological polar surface area (TPSA) is 42.7 Å². The second-order valence-corrected chi connectivity index (χ2v) is 3.03. The number of amides is 1. The van der Waals surface area contributed by atoms with Crippen LogP contribution in [0, 0.1) is 6.92 Å². The highest BCUT2D eigenvalue weighted by molar-refractivity contribution is 5.92. The van der Waals surface area contributed by atoms with Gasteiger partial charge in [0.15, 0.2) is 5.76 Å². The molecule has 0 aromatic carbocycles. The molecule has 1 aliphatic heterocycles. The van der Waals surface area contributed by atoms with Gasteiger partial charge in [-0.1, -0.05) is 0 Å². The number of carbonyl (C=O) groups excluding carboxylic acids is 1. The molecule has 1 fully saturated rings. The maximum absolute atomic E-state index is 11.6. The van der Waals surface area contributed by atoms with Crippen molar-refractivity contribution < 1.29 is 14.0 Å². The van der Waals surface area contributed by atoms with Crippen molar-refractivity contribution in [2.24, 2.45) is 0 Å². The Morgan fingerprint density at radius 1 is 1.62 bits per heavy atom. The first-order chi connectivity index (χ1) is 6.29. The Balaban J connectivity index is 2.17. The average molecular weight is 181 g/mol. The normalized spacial score (nSPS) is 16.5. The molecule has 4 heteroatoms. The van der Waals surface area contributed by atoms with E-state index in [2.05, 4.69) is 0 Å². The molecular formula is C9H11NO3. The van der Waals surface area contributed by atoms with Gasteiger partial charge in [-0.15, -0.1) is 0 Å². The summed E-state index contributed by atoms with van der Waals surface area (Å²) < 4.78 is 5.07. The summed E-state index contributed by atoms with van der Waals surface area (Å²) in [4.78, 5) is 16.8. The molecule has 1 aliphatic rings. The van der Waals surface area contributed by atoms with Crippen molar-refractivity contribution in [2.75, 3.05) is 13.2 Å². The van der Waals surface area contributed by atoms with Gasteiger partial charge in [-0.2, -0.15) is 0 Å². The van der Waals surface area contributed by atoms with E-state index in [0.29, 0.717) is 18.9 Å². The van der Waals surface area contributed by atoms with Gasteiger partial charge in [-0.05, 0) is 19.4 Å². The van der Waals surface area contributed by atoms with Crippen LogP contribution >= 0.6 is 0 Å². The number of hydroxylamine groups is 2. The van der Waals surface area contributed by atoms with Crippen molar-refractivity contribution in [3.8, 4) is 0 Å². The van der Waals surface area contributed by atoms with Gasteiger partial charge in [0.1, 0.15) is 0 Å². The lowest BCUT2D eigenvalue weighted by Crippen LogP contribution is -2.26. The standard InChI is InChI=1S/C9H11NO3/c1-7-3-6-12-8(7)9(11)10-4-2-5-13-10/h3,6H,2,4-5H2,1H3. The largest absolute Gasteiger partial charge is 0.459 e. The Morgan fingerprint density at radius 2 is 2.46 bits per heavy atom. The van der Waals surface area contributed by atoms with Crippen LogP contribution < -0.4 is 0 Å². The van der Waals surface area contributed by atoms with Gasteiger partial charge >= 0.3 is 5.91 Å². The van der Waals surface area contributed by atoms with Crippen molar-refractivity contribution in [1.82, 2.24) is 5.06 Å². The summed E-state index contributed by atoms with van der Waals surface area (Å²) in [7, 11) is 0. The van der Waals surface area contributed by atoms with Crippen molar-refractivity contribution in [2.45, 2.75) is 13.3 Å². The number of furan rings is 1. The van der Waals surface area contributed by atoms with Gasteiger partial charge in [0.05, 0.1) is 19.4 Å². The Hall–Kier alpha value is -1.29. The number of hydrogen-bond donors (Lipinski definition) is 0. The van der Waals surface area contributed by atoms with Crippen LogP contribution in [-0.2, 0) is 4.84 Å². The maximum atomic E-state index is 11.6. The number of rotatable bonds is 1. The minimum Gasteiger partial charge on any atom is -0.459 e. The van der Waals surface area contributed by atoms with E-state index in [0.717, 1.165) is 12.0 Å². The highest BCUT2D eigenvalue weighted by atomic mass is 16.7. The maximum Gasteiger partial charge on any atom is 0.313 e. The lowest BCUT2D eigenvalue weighted by molar-refractivity contribution is -0.0785. The smallest absolute Gasteiger partial charge is 0.313 e. The van der Waals surface area contributed by atoms with Crippen LogP contribution in [-0.4, -0.2) is 24.1 Å². The molecule has 0 bridgehead atoms. The summed E-state index contributed by atoms with van der Waals surface area (Å²) in [5.41, 5.74) is 0.848. The minimum atomic E-state index is -0.181. The number of hydrogen-bond acceptors (Lipinski definition) is 3. The van der Waals surface area contributed by atoms with Crippen LogP contribution in [0.2, 0.25) is 0 Å². The molecule has 0 radical (unpaired) electrons. The fourth-order valence-corrected chi connectivity index (χ4v) is 1.31. The Kier molecular flexibility index (Phi) is 2.06. The van der Waals surface area contributed by atoms with E-state index in [4.69, 9.17) is 9.25 Å². The molecular weight excluding hydrogens is 170 g/mol. The molecule has 2 heterocycles. The van der Waals surface area contributed by atoms with Crippen molar-refractivity contribution in [3.63, 3.8) is 0 Å². The second-order valence-electron chi connectivity index (χ2n) is 3.03. The van der Waals surface area contributed by atoms with Crippen LogP contribution in [0.3, 0.4) is 0 Å². The molecule has 0 aliphatic carbocycles. The second kappa shape index (κ2) is 3.22. The van der Waals surface area contributed by atoms with E-state index >= 15 is 0 Å². The highest BCUT2D eigenvalue weighted by Gasteiger charge is 2.24. The molecule has 0 N–H and O–H groups in total. The average Bonchev–Trinajstić information content (AvgIpc) is 2.72. The molecule has 0 saturated carbocycles. The summed E-state index contributed by atoms with van der Waals surface area (Å²) in [5, 5.41) is 1.35. The first-order valence-electron chi connectivity index (χ1n) is 4.28. The van der Waals surface area contributed by atoms with Crippen LogP contribution in [0.4, 0.5) is 0 Å². The highest BCUT2D eigenvalue weighted by Crippen LogP contribution is 2.15. The molecule has 1 aromatic heterocycles. The first-order valence-corrected chi connectivity index (χ1v) is 4.28. The molecule has 13 heavy (non-hydrogen) atoms. The Bertz CT molecular complexity index is 312. The van der Waals surface area contributed by atoms with Gasteiger partial charge in [-0.25, -0.2) is 5.06 Å². The van der Waals surface area contributed by atoms with Crippen LogP contribution in [0.15, 0.2) is 16.7 Å². The van der Waals surface area contributed by atoms with Crippen LogP contribution in [0.1, 0.15) is 22.5 Å². The predicted molar refractivity (Wildman–Crippen MR) is 45.1 cm³/mol. The third-order valence-electron chi connectivity index (χ3n) is 2.04. The van der Waals surface area contributed by atoms with Gasteiger partial charge in [0.25, 0.3) is 0 Å². The molecule has 0 spiro atoms. The molecule has 70 valence electrons. The summed E-state index contributed by atoms with van der Waals surface area (Å²) in [6.45, 7) is 3.11. The monoisotopic (exact) mass is 181 g/mol. The molecule has 2 rings (SSSR count). The fourth-order valence-electron chi connectivity index (χ4n) is 1.31. The SMILES string of the molecule is Cc1ccoc1C(=O)N1CCCO1. The summed E-state index contributed by atoms with van der Waals surface area (Å²) in [6, 6.07) is 1.77.